The van der Waals surface area contributed by atoms with Gasteiger partial charge in [-0.3, -0.25) is 4.79 Å². The summed E-state index contributed by atoms with van der Waals surface area (Å²) in [5.74, 6) is 1.25. The average molecular weight is 263 g/mol. The lowest BCUT2D eigenvalue weighted by molar-refractivity contribution is -0.118. The lowest BCUT2D eigenvalue weighted by Gasteiger charge is -2.03. The van der Waals surface area contributed by atoms with Gasteiger partial charge in [0.2, 0.25) is 5.91 Å². The second-order valence-corrected chi connectivity index (χ2v) is 4.69. The summed E-state index contributed by atoms with van der Waals surface area (Å²) in [5.41, 5.74) is 0. The molecule has 2 rings (SSSR count). The summed E-state index contributed by atoms with van der Waals surface area (Å²) < 4.78 is 5.11. The van der Waals surface area contributed by atoms with Crippen molar-refractivity contribution < 1.29 is 14.3 Å². The molecule has 0 aliphatic carbocycles. The Morgan fingerprint density at radius 2 is 2.06 bits per heavy atom. The lowest BCUT2D eigenvalue weighted by Crippen LogP contribution is -2.24. The first-order valence-corrected chi connectivity index (χ1v) is 6.43. The summed E-state index contributed by atoms with van der Waals surface area (Å²) in [6, 6.07) is 10.4. The van der Waals surface area contributed by atoms with E-state index in [0.29, 0.717) is 12.3 Å². The number of carbonyl (C=O) groups excluding carboxylic acids is 1. The standard InChI is InChI=1S/C13H13NO3S/c15-10-3-5-12(6-4-10)18-9-13(16)14-8-11-2-1-7-17-11/h1-7,15H,8-9H2,(H,14,16). The number of nitrogens with one attached hydrogen (secondary N) is 1. The highest BCUT2D eigenvalue weighted by molar-refractivity contribution is 8.00. The van der Waals surface area contributed by atoms with Gasteiger partial charge in [-0.15, -0.1) is 11.8 Å². The molecule has 0 unspecified atom stereocenters. The molecule has 0 bridgehead atoms. The molecule has 0 saturated heterocycles. The van der Waals surface area contributed by atoms with Crippen LogP contribution in [0, 0.1) is 0 Å². The first-order valence-electron chi connectivity index (χ1n) is 5.45. The number of thioether (sulfide) groups is 1. The van der Waals surface area contributed by atoms with Gasteiger partial charge >= 0.3 is 0 Å². The van der Waals surface area contributed by atoms with E-state index in [1.54, 1.807) is 36.6 Å². The Hall–Kier alpha value is -1.88. The molecule has 0 fully saturated rings. The monoisotopic (exact) mass is 263 g/mol. The number of benzene rings is 1. The highest BCUT2D eigenvalue weighted by atomic mass is 32.2. The Morgan fingerprint density at radius 1 is 1.28 bits per heavy atom. The van der Waals surface area contributed by atoms with Gasteiger partial charge in [-0.25, -0.2) is 0 Å². The molecule has 0 aliphatic heterocycles. The number of amides is 1. The molecule has 1 aromatic carbocycles. The number of furan rings is 1. The van der Waals surface area contributed by atoms with Gasteiger partial charge in [0.15, 0.2) is 0 Å². The molecule has 5 heteroatoms. The zero-order valence-electron chi connectivity index (χ0n) is 9.63. The van der Waals surface area contributed by atoms with E-state index in [-0.39, 0.29) is 11.7 Å². The number of hydrogen-bond acceptors (Lipinski definition) is 4. The number of phenols is 1. The topological polar surface area (TPSA) is 62.5 Å². The number of hydrogen-bond donors (Lipinski definition) is 2. The molecule has 2 N–H and O–H groups in total. The van der Waals surface area contributed by atoms with E-state index in [2.05, 4.69) is 5.32 Å². The molecule has 4 nitrogen and oxygen atoms in total. The molecule has 0 atom stereocenters. The molecule has 0 aliphatic rings. The van der Waals surface area contributed by atoms with Crippen molar-refractivity contribution in [1.82, 2.24) is 5.32 Å². The van der Waals surface area contributed by atoms with Gasteiger partial charge in [0, 0.05) is 4.90 Å². The fraction of sp³-hybridized carbons (Fsp3) is 0.154. The van der Waals surface area contributed by atoms with E-state index in [4.69, 9.17) is 9.52 Å². The van der Waals surface area contributed by atoms with Crippen LogP contribution < -0.4 is 5.32 Å². The van der Waals surface area contributed by atoms with Gasteiger partial charge in [0.05, 0.1) is 18.6 Å². The quantitative estimate of drug-likeness (QED) is 0.813. The zero-order valence-corrected chi connectivity index (χ0v) is 10.4. The zero-order chi connectivity index (χ0) is 12.8. The van der Waals surface area contributed by atoms with Gasteiger partial charge in [-0.2, -0.15) is 0 Å². The Kier molecular flexibility index (Phi) is 4.30. The van der Waals surface area contributed by atoms with Crippen LogP contribution in [0.2, 0.25) is 0 Å². The summed E-state index contributed by atoms with van der Waals surface area (Å²) in [4.78, 5) is 12.5. The maximum atomic E-state index is 11.6. The molecule has 94 valence electrons. The van der Waals surface area contributed by atoms with Crippen LogP contribution in [0.5, 0.6) is 5.75 Å². The van der Waals surface area contributed by atoms with E-state index < -0.39 is 0 Å². The predicted molar refractivity (Wildman–Crippen MR) is 69.4 cm³/mol. The van der Waals surface area contributed by atoms with Crippen molar-refractivity contribution in [2.45, 2.75) is 11.4 Å². The molecule has 0 spiro atoms. The molecule has 0 radical (unpaired) electrons. The first-order chi connectivity index (χ1) is 8.74. The molecule has 2 aromatic rings. The minimum atomic E-state index is -0.0514. The molecule has 1 amide bonds. The third-order valence-corrected chi connectivity index (χ3v) is 3.26. The second kappa shape index (κ2) is 6.16. The average Bonchev–Trinajstić information content (AvgIpc) is 2.89. The smallest absolute Gasteiger partial charge is 0.230 e. The lowest BCUT2D eigenvalue weighted by atomic mass is 10.3. The number of aromatic hydroxyl groups is 1. The SMILES string of the molecule is O=C(CSc1ccc(O)cc1)NCc1ccco1. The van der Waals surface area contributed by atoms with Crippen LogP contribution >= 0.6 is 11.8 Å². The Morgan fingerprint density at radius 3 is 2.72 bits per heavy atom. The normalized spacial score (nSPS) is 10.2. The largest absolute Gasteiger partial charge is 0.508 e. The van der Waals surface area contributed by atoms with Crippen molar-refractivity contribution in [3.05, 3.63) is 48.4 Å². The van der Waals surface area contributed by atoms with Gasteiger partial charge in [-0.1, -0.05) is 0 Å². The minimum absolute atomic E-state index is 0.0514. The van der Waals surface area contributed by atoms with Gasteiger partial charge < -0.3 is 14.8 Å². The molecule has 1 aromatic heterocycles. The summed E-state index contributed by atoms with van der Waals surface area (Å²) >= 11 is 1.42. The van der Waals surface area contributed by atoms with E-state index in [9.17, 15) is 4.79 Å². The maximum absolute atomic E-state index is 11.6. The third-order valence-electron chi connectivity index (χ3n) is 2.25. The van der Waals surface area contributed by atoms with Crippen LogP contribution in [-0.2, 0) is 11.3 Å². The molecular weight excluding hydrogens is 250 g/mol. The fourth-order valence-electron chi connectivity index (χ4n) is 1.34. The van der Waals surface area contributed by atoms with Crippen LogP contribution in [0.3, 0.4) is 0 Å². The highest BCUT2D eigenvalue weighted by Crippen LogP contribution is 2.20. The Labute approximate surface area is 109 Å². The molecule has 18 heavy (non-hydrogen) atoms. The summed E-state index contributed by atoms with van der Waals surface area (Å²) in [7, 11) is 0. The fourth-order valence-corrected chi connectivity index (χ4v) is 2.07. The second-order valence-electron chi connectivity index (χ2n) is 3.64. The van der Waals surface area contributed by atoms with Gasteiger partial charge in [-0.05, 0) is 36.4 Å². The van der Waals surface area contributed by atoms with E-state index in [1.807, 2.05) is 6.07 Å². The molecule has 0 saturated carbocycles. The van der Waals surface area contributed by atoms with Crippen molar-refractivity contribution in [2.24, 2.45) is 0 Å². The van der Waals surface area contributed by atoms with Crippen molar-refractivity contribution in [3.63, 3.8) is 0 Å². The van der Waals surface area contributed by atoms with Gasteiger partial charge in [0.25, 0.3) is 0 Å². The van der Waals surface area contributed by atoms with Crippen molar-refractivity contribution in [3.8, 4) is 5.75 Å². The maximum Gasteiger partial charge on any atom is 0.230 e. The summed E-state index contributed by atoms with van der Waals surface area (Å²) in [6.07, 6.45) is 1.58. The van der Waals surface area contributed by atoms with Crippen LogP contribution in [0.25, 0.3) is 0 Å². The minimum Gasteiger partial charge on any atom is -0.508 e. The first kappa shape index (κ1) is 12.6. The van der Waals surface area contributed by atoms with E-state index in [0.717, 1.165) is 10.7 Å². The van der Waals surface area contributed by atoms with Crippen molar-refractivity contribution in [2.75, 3.05) is 5.75 Å². The van der Waals surface area contributed by atoms with Crippen molar-refractivity contribution >= 4 is 17.7 Å². The Balaban J connectivity index is 1.73. The number of rotatable bonds is 5. The Bertz CT molecular complexity index is 493. The van der Waals surface area contributed by atoms with Gasteiger partial charge in [0.1, 0.15) is 11.5 Å². The predicted octanol–water partition coefficient (Wildman–Crippen LogP) is 2.39. The van der Waals surface area contributed by atoms with E-state index in [1.165, 1.54) is 11.8 Å². The summed E-state index contributed by atoms with van der Waals surface area (Å²) in [5, 5.41) is 11.9. The number of carbonyl (C=O) groups is 1. The third kappa shape index (κ3) is 3.85. The summed E-state index contributed by atoms with van der Waals surface area (Å²) in [6.45, 7) is 0.405. The molecular formula is C13H13NO3S. The highest BCUT2D eigenvalue weighted by Gasteiger charge is 2.04. The van der Waals surface area contributed by atoms with Crippen molar-refractivity contribution in [1.29, 1.82) is 0 Å². The van der Waals surface area contributed by atoms with E-state index >= 15 is 0 Å². The molecule has 1 heterocycles. The number of phenolic OH excluding ortho intramolecular Hbond substituents is 1. The van der Waals surface area contributed by atoms with Crippen LogP contribution in [0.15, 0.2) is 52.0 Å². The van der Waals surface area contributed by atoms with Crippen LogP contribution in [-0.4, -0.2) is 16.8 Å². The van der Waals surface area contributed by atoms with Crippen LogP contribution in [0.4, 0.5) is 0 Å². The van der Waals surface area contributed by atoms with Crippen LogP contribution in [0.1, 0.15) is 5.76 Å².